The number of carbonyl (C=O) groups excluding carboxylic acids is 1. The highest BCUT2D eigenvalue weighted by molar-refractivity contribution is 6.06. The predicted molar refractivity (Wildman–Crippen MR) is 210 cm³/mol. The van der Waals surface area contributed by atoms with Crippen LogP contribution in [0.15, 0.2) is 37.1 Å². The van der Waals surface area contributed by atoms with E-state index in [4.69, 9.17) is 19.4 Å². The number of halogens is 3. The third-order valence-electron chi connectivity index (χ3n) is 13.3. The second-order valence-corrected chi connectivity index (χ2v) is 17.1. The third kappa shape index (κ3) is 6.86. The SMILES string of the molecule is C=CC(=O)N1CC2(CCN(c3nc(N4CCC5(CCN(CCOC)CC5)C4)nc4c(OCC(F)(F)F)c(-c5c(C)ccc6[nH]ncc56)c(C5CC5)cc34)CC2)C1. The number of aryl methyl sites for hydroxylation is 1. The minimum atomic E-state index is -4.56. The number of likely N-dealkylation sites (tertiary alicyclic amines) is 2. The van der Waals surface area contributed by atoms with Crippen LogP contribution in [0.2, 0.25) is 0 Å². The minimum Gasteiger partial charge on any atom is -0.481 e. The van der Waals surface area contributed by atoms with Gasteiger partial charge in [-0.25, -0.2) is 4.98 Å². The largest absolute Gasteiger partial charge is 0.481 e. The van der Waals surface area contributed by atoms with Crippen molar-refractivity contribution in [3.63, 3.8) is 0 Å². The molecule has 5 fully saturated rings. The van der Waals surface area contributed by atoms with Crippen LogP contribution in [0, 0.1) is 17.8 Å². The molecule has 1 aliphatic carbocycles. The highest BCUT2D eigenvalue weighted by Crippen LogP contribution is 2.54. The maximum atomic E-state index is 14.2. The van der Waals surface area contributed by atoms with E-state index in [9.17, 15) is 18.0 Å². The van der Waals surface area contributed by atoms with Crippen molar-refractivity contribution in [2.75, 3.05) is 89.0 Å². The van der Waals surface area contributed by atoms with Crippen molar-refractivity contribution < 1.29 is 27.4 Å². The van der Waals surface area contributed by atoms with Crippen molar-refractivity contribution >= 4 is 39.5 Å². The molecule has 2 aromatic carbocycles. The van der Waals surface area contributed by atoms with Crippen LogP contribution in [0.4, 0.5) is 24.9 Å². The Morgan fingerprint density at radius 3 is 2.38 bits per heavy atom. The molecule has 0 bridgehead atoms. The number of amides is 1. The predicted octanol–water partition coefficient (Wildman–Crippen LogP) is 6.85. The number of hydrogen-bond acceptors (Lipinski definition) is 9. The molecule has 6 heterocycles. The lowest BCUT2D eigenvalue weighted by molar-refractivity contribution is -0.153. The summed E-state index contributed by atoms with van der Waals surface area (Å²) in [6, 6.07) is 6.09. The number of fused-ring (bicyclic) bond motifs is 2. The highest BCUT2D eigenvalue weighted by Gasteiger charge is 2.47. The minimum absolute atomic E-state index is 0.0373. The Balaban J connectivity index is 1.17. The molecule has 4 saturated heterocycles. The molecule has 1 N–H and O–H groups in total. The average molecular weight is 773 g/mol. The van der Waals surface area contributed by atoms with Crippen LogP contribution in [-0.4, -0.2) is 121 Å². The quantitative estimate of drug-likeness (QED) is 0.174. The molecule has 2 aromatic heterocycles. The van der Waals surface area contributed by atoms with Crippen LogP contribution < -0.4 is 14.5 Å². The highest BCUT2D eigenvalue weighted by atomic mass is 19.4. The van der Waals surface area contributed by atoms with Crippen molar-refractivity contribution in [1.29, 1.82) is 0 Å². The normalized spacial score (nSPS) is 21.1. The number of alkyl halides is 3. The summed E-state index contributed by atoms with van der Waals surface area (Å²) in [6.45, 7) is 12.3. The summed E-state index contributed by atoms with van der Waals surface area (Å²) in [5, 5.41) is 8.94. The fraction of sp³-hybridized carbons (Fsp3) is 0.571. The van der Waals surface area contributed by atoms with Gasteiger partial charge in [0.15, 0.2) is 12.4 Å². The van der Waals surface area contributed by atoms with Gasteiger partial charge in [0.2, 0.25) is 11.9 Å². The molecule has 9 rings (SSSR count). The van der Waals surface area contributed by atoms with E-state index in [0.29, 0.717) is 36.7 Å². The molecular weight excluding hydrogens is 722 g/mol. The van der Waals surface area contributed by atoms with E-state index in [1.807, 2.05) is 24.0 Å². The number of rotatable bonds is 10. The molecule has 11 nitrogen and oxygen atoms in total. The number of hydrogen-bond donors (Lipinski definition) is 1. The van der Waals surface area contributed by atoms with Gasteiger partial charge < -0.3 is 29.1 Å². The van der Waals surface area contributed by atoms with Gasteiger partial charge >= 0.3 is 6.18 Å². The van der Waals surface area contributed by atoms with E-state index in [0.717, 1.165) is 130 Å². The smallest absolute Gasteiger partial charge is 0.422 e. The average Bonchev–Trinajstić information content (AvgIpc) is 3.78. The van der Waals surface area contributed by atoms with Gasteiger partial charge in [-0.3, -0.25) is 9.89 Å². The molecule has 0 unspecified atom stereocenters. The lowest BCUT2D eigenvalue weighted by Gasteiger charge is -2.54. The Morgan fingerprint density at radius 2 is 1.68 bits per heavy atom. The molecule has 298 valence electrons. The van der Waals surface area contributed by atoms with Crippen molar-refractivity contribution in [2.24, 2.45) is 10.8 Å². The zero-order valence-electron chi connectivity index (χ0n) is 32.4. The van der Waals surface area contributed by atoms with Gasteiger partial charge in [0.25, 0.3) is 0 Å². The van der Waals surface area contributed by atoms with Crippen molar-refractivity contribution in [3.8, 4) is 16.9 Å². The first-order valence-electron chi connectivity index (χ1n) is 20.1. The van der Waals surface area contributed by atoms with Gasteiger partial charge in [0.1, 0.15) is 11.3 Å². The summed E-state index contributed by atoms with van der Waals surface area (Å²) in [5.41, 5.74) is 4.78. The molecule has 0 atom stereocenters. The first-order valence-corrected chi connectivity index (χ1v) is 20.1. The standard InChI is InChI=1S/C42H51F3N8O3/c1-4-33(54)53-24-41(25-53)12-16-51(17-13-41)38-30-21-29(28-6-7-28)35(34-27(2)5-8-32-31(34)22-46-49-32)37(56-26-42(43,44)45)36(30)47-39(48-38)52-18-11-40(23-52)9-14-50(15-10-40)19-20-55-3/h4-5,8,21-22,28H,1,6-7,9-20,23-26H2,2-3H3,(H,46,49). The second kappa shape index (κ2) is 14.2. The lowest BCUT2D eigenvalue weighted by atomic mass is 9.72. The number of methoxy groups -OCH3 is 1. The molecule has 1 amide bonds. The Kier molecular flexibility index (Phi) is 9.42. The lowest BCUT2D eigenvalue weighted by Crippen LogP contribution is -2.61. The molecule has 56 heavy (non-hydrogen) atoms. The molecule has 1 saturated carbocycles. The van der Waals surface area contributed by atoms with Crippen LogP contribution in [0.25, 0.3) is 32.9 Å². The third-order valence-corrected chi connectivity index (χ3v) is 13.3. The number of piperidine rings is 2. The van der Waals surface area contributed by atoms with Crippen molar-refractivity contribution in [1.82, 2.24) is 30.0 Å². The van der Waals surface area contributed by atoms with E-state index in [1.54, 1.807) is 13.3 Å². The van der Waals surface area contributed by atoms with Gasteiger partial charge in [-0.1, -0.05) is 12.6 Å². The Hall–Kier alpha value is -4.43. The number of benzene rings is 2. The molecule has 0 radical (unpaired) electrons. The molecule has 5 aliphatic rings. The van der Waals surface area contributed by atoms with Gasteiger partial charge in [0, 0.05) is 74.7 Å². The van der Waals surface area contributed by atoms with Crippen LogP contribution in [0.3, 0.4) is 0 Å². The van der Waals surface area contributed by atoms with Gasteiger partial charge in [-0.15, -0.1) is 0 Å². The first-order chi connectivity index (χ1) is 27.0. The van der Waals surface area contributed by atoms with Gasteiger partial charge in [-0.2, -0.15) is 23.3 Å². The van der Waals surface area contributed by atoms with Gasteiger partial charge in [0.05, 0.1) is 18.3 Å². The summed E-state index contributed by atoms with van der Waals surface area (Å²) >= 11 is 0. The van der Waals surface area contributed by atoms with E-state index >= 15 is 0 Å². The van der Waals surface area contributed by atoms with E-state index < -0.39 is 12.8 Å². The summed E-state index contributed by atoms with van der Waals surface area (Å²) in [7, 11) is 1.74. The zero-order valence-corrected chi connectivity index (χ0v) is 32.4. The number of nitrogens with one attached hydrogen (secondary N) is 1. The number of ether oxygens (including phenoxy) is 2. The van der Waals surface area contributed by atoms with Crippen molar-refractivity contribution in [2.45, 2.75) is 64.0 Å². The second-order valence-electron chi connectivity index (χ2n) is 17.1. The summed E-state index contributed by atoms with van der Waals surface area (Å²) < 4.78 is 54.0. The Bertz CT molecular complexity index is 2140. The zero-order chi connectivity index (χ0) is 38.8. The van der Waals surface area contributed by atoms with Crippen LogP contribution in [0.1, 0.15) is 62.0 Å². The monoisotopic (exact) mass is 772 g/mol. The molecule has 4 aliphatic heterocycles. The molecule has 4 aromatic rings. The first kappa shape index (κ1) is 37.2. The summed E-state index contributed by atoms with van der Waals surface area (Å²) in [6.07, 6.45) is 5.36. The Labute approximate surface area is 325 Å². The Morgan fingerprint density at radius 1 is 0.964 bits per heavy atom. The van der Waals surface area contributed by atoms with E-state index in [-0.39, 0.29) is 28.4 Å². The maximum absolute atomic E-state index is 14.2. The number of aromatic nitrogens is 4. The number of anilines is 2. The van der Waals surface area contributed by atoms with Crippen LogP contribution in [-0.2, 0) is 9.53 Å². The molecular formula is C42H51F3N8O3. The van der Waals surface area contributed by atoms with Crippen LogP contribution >= 0.6 is 0 Å². The number of aromatic amines is 1. The van der Waals surface area contributed by atoms with Crippen LogP contribution in [0.5, 0.6) is 5.75 Å². The summed E-state index contributed by atoms with van der Waals surface area (Å²) in [4.78, 5) is 31.8. The molecule has 14 heteroatoms. The van der Waals surface area contributed by atoms with Crippen molar-refractivity contribution in [3.05, 3.63) is 48.2 Å². The van der Waals surface area contributed by atoms with E-state index in [2.05, 4.69) is 37.5 Å². The topological polar surface area (TPSA) is 103 Å². The molecule has 2 spiro atoms. The maximum Gasteiger partial charge on any atom is 0.422 e. The summed E-state index contributed by atoms with van der Waals surface area (Å²) in [5.74, 6) is 1.59. The fourth-order valence-corrected chi connectivity index (χ4v) is 9.88. The fourth-order valence-electron chi connectivity index (χ4n) is 9.88. The van der Waals surface area contributed by atoms with E-state index in [1.165, 1.54) is 6.08 Å². The number of H-pyrrole nitrogens is 1. The number of carbonyl (C=O) groups is 1. The van der Waals surface area contributed by atoms with Gasteiger partial charge in [-0.05, 0) is 111 Å². The number of nitrogens with zero attached hydrogens (tertiary/aromatic N) is 7.